The minimum atomic E-state index is -1.52. The van der Waals surface area contributed by atoms with Crippen molar-refractivity contribution >= 4 is 63.9 Å². The van der Waals surface area contributed by atoms with Gasteiger partial charge in [-0.2, -0.15) is 0 Å². The first-order valence-electron chi connectivity index (χ1n) is 30.3. The minimum absolute atomic E-state index is 0.0122. The Morgan fingerprint density at radius 3 is 2.19 bits per heavy atom. The van der Waals surface area contributed by atoms with E-state index in [4.69, 9.17) is 28.4 Å². The van der Waals surface area contributed by atoms with E-state index >= 15 is 4.79 Å². The maximum absolute atomic E-state index is 15.1. The Kier molecular flexibility index (Phi) is 25.1. The van der Waals surface area contributed by atoms with Gasteiger partial charge in [0.05, 0.1) is 38.4 Å². The summed E-state index contributed by atoms with van der Waals surface area (Å²) in [6.07, 6.45) is 4.56. The highest BCUT2D eigenvalue weighted by Gasteiger charge is 2.43. The van der Waals surface area contributed by atoms with Crippen LogP contribution >= 0.6 is 0 Å². The number of fused-ring (bicyclic) bond motifs is 4. The summed E-state index contributed by atoms with van der Waals surface area (Å²) >= 11 is 0. The molecular weight excluding hydrogens is 1140 g/mol. The Labute approximate surface area is 521 Å². The predicted molar refractivity (Wildman–Crippen MR) is 332 cm³/mol. The number of Topliss-reactive ketones (excluding diaryl/α,β-unsaturated/α-hetero) is 1. The van der Waals surface area contributed by atoms with E-state index in [1.165, 1.54) is 81.0 Å². The molecule has 89 heavy (non-hydrogen) atoms. The average molecular weight is 1230 g/mol. The number of hydrogen-bond acceptors (Lipinski definition) is 16. The van der Waals surface area contributed by atoms with Gasteiger partial charge in [0.25, 0.3) is 11.8 Å². The van der Waals surface area contributed by atoms with E-state index in [2.05, 4.69) is 10.6 Å². The number of amides is 6. The number of nitrogens with zero attached hydrogens (tertiary/aromatic N) is 4. The number of esters is 2. The number of aromatic hydroxyl groups is 1. The smallest absolute Gasteiger partial charge is 0.330 e. The number of cyclic esters (lactones) is 2. The Morgan fingerprint density at radius 1 is 0.764 bits per heavy atom. The summed E-state index contributed by atoms with van der Waals surface area (Å²) in [6, 6.07) is 18.1. The molecule has 1 saturated heterocycles. The van der Waals surface area contributed by atoms with Crippen molar-refractivity contribution in [3.8, 4) is 23.0 Å². The summed E-state index contributed by atoms with van der Waals surface area (Å²) < 4.78 is 34.9. The first-order valence-corrected chi connectivity index (χ1v) is 30.3. The highest BCUT2D eigenvalue weighted by Crippen LogP contribution is 2.37. The molecule has 4 aromatic carbocycles. The molecule has 22 nitrogen and oxygen atoms in total. The van der Waals surface area contributed by atoms with Gasteiger partial charge in [-0.05, 0) is 125 Å². The summed E-state index contributed by atoms with van der Waals surface area (Å²) in [5.74, 6) is -5.79. The van der Waals surface area contributed by atoms with E-state index in [1.54, 1.807) is 51.1 Å². The molecule has 2 bridgehead atoms. The third-order valence-corrected chi connectivity index (χ3v) is 15.9. The first kappa shape index (κ1) is 69.6. The number of hydrogen-bond donors (Lipinski definition) is 3. The Hall–Kier alpha value is -8.53. The van der Waals surface area contributed by atoms with Gasteiger partial charge in [0.2, 0.25) is 29.4 Å². The largest absolute Gasteiger partial charge is 0.508 e. The molecule has 482 valence electrons. The number of likely N-dealkylation sites (N-methyl/N-ethyl adjacent to an activating group) is 3. The van der Waals surface area contributed by atoms with Crippen LogP contribution in [0.1, 0.15) is 116 Å². The van der Waals surface area contributed by atoms with E-state index in [0.29, 0.717) is 53.9 Å². The van der Waals surface area contributed by atoms with Crippen LogP contribution in [0.15, 0.2) is 91.0 Å². The van der Waals surface area contributed by atoms with Crippen molar-refractivity contribution in [2.45, 2.75) is 142 Å². The van der Waals surface area contributed by atoms with Crippen molar-refractivity contribution in [1.82, 2.24) is 30.2 Å². The number of aryl methyl sites for hydroxylation is 1. The standard InChI is InChI=1S/C67H88N6O16/c1-12-13-25-50-62(80)69-49(35-43-28-29-44-21-14-15-22-45(44)34-43)63(81)72(9)52(40-88-66(2,3)4)61(79)68-39-57(75)70(7)32-18-17-27-59(77)87-42-67(5,6)60(78)64(82)73-33-19-16-26-51(73)65(83)89-54(31-30-46-37-55(84-10)56(85-11)38-53(46)74)47-23-20-24-48(36-47)86-41-58(76)71(50)8/h14-15,17,20-24,27-29,34,36-38,49-52,54,74H,12-13,16,18-19,25-26,30-33,35,39-42H2,1-11H3,(H,68,79)(H,69,80)/b27-17+/t49-,50-,51-,52-,54+/m0/s1. The maximum atomic E-state index is 15.1. The lowest BCUT2D eigenvalue weighted by Gasteiger charge is -2.36. The summed E-state index contributed by atoms with van der Waals surface area (Å²) in [6.45, 7) is 8.62. The number of ketones is 1. The van der Waals surface area contributed by atoms with Gasteiger partial charge in [-0.25, -0.2) is 9.59 Å². The third-order valence-electron chi connectivity index (χ3n) is 15.9. The second kappa shape index (κ2) is 32.1. The Morgan fingerprint density at radius 2 is 1.48 bits per heavy atom. The number of piperidine rings is 1. The SMILES string of the molecule is CCCC[C@H]1C(=O)N[C@@H](Cc2ccc3ccccc3c2)C(=O)N(C)[C@@H](COC(C)(C)C)C(=O)NCC(=O)N(C)CC/C=C/C(=O)OCC(C)(C)C(=O)C(=O)N2CCCC[C@H]2C(=O)O[C@H](CCc2cc(OC)c(OC)cc2O)c2cccc(c2)OCC(=O)N1C. The number of ether oxygens (including phenoxy) is 6. The van der Waals surface area contributed by atoms with E-state index in [9.17, 15) is 43.5 Å². The topological polar surface area (TPSA) is 266 Å². The molecule has 6 rings (SSSR count). The second-order valence-corrected chi connectivity index (χ2v) is 24.2. The van der Waals surface area contributed by atoms with Gasteiger partial charge in [0.1, 0.15) is 48.4 Å². The lowest BCUT2D eigenvalue weighted by atomic mass is 9.87. The zero-order valence-corrected chi connectivity index (χ0v) is 53.2. The molecule has 4 aromatic rings. The lowest BCUT2D eigenvalue weighted by molar-refractivity contribution is -0.165. The first-order chi connectivity index (χ1) is 42.2. The van der Waals surface area contributed by atoms with Gasteiger partial charge in [0, 0.05) is 52.8 Å². The van der Waals surface area contributed by atoms with Crippen LogP contribution < -0.4 is 24.8 Å². The second-order valence-electron chi connectivity index (χ2n) is 24.2. The van der Waals surface area contributed by atoms with Crippen LogP contribution in [0.4, 0.5) is 0 Å². The van der Waals surface area contributed by atoms with Crippen molar-refractivity contribution < 1.29 is 76.7 Å². The summed E-state index contributed by atoms with van der Waals surface area (Å²) in [4.78, 5) is 133. The molecule has 0 saturated carbocycles. The van der Waals surface area contributed by atoms with Crippen LogP contribution in [0.3, 0.4) is 0 Å². The number of nitrogens with one attached hydrogen (secondary N) is 2. The molecule has 0 radical (unpaired) electrons. The molecule has 2 heterocycles. The van der Waals surface area contributed by atoms with Crippen molar-refractivity contribution in [3.63, 3.8) is 0 Å². The van der Waals surface area contributed by atoms with E-state index in [0.717, 1.165) is 16.8 Å². The van der Waals surface area contributed by atoms with Gasteiger partial charge < -0.3 is 63.8 Å². The van der Waals surface area contributed by atoms with Crippen LogP contribution in [0, 0.1) is 5.41 Å². The normalized spacial score (nSPS) is 21.8. The number of benzene rings is 4. The van der Waals surface area contributed by atoms with Gasteiger partial charge in [-0.3, -0.25) is 33.6 Å². The molecule has 0 aliphatic carbocycles. The van der Waals surface area contributed by atoms with Gasteiger partial charge in [-0.1, -0.05) is 80.4 Å². The van der Waals surface area contributed by atoms with Crippen molar-refractivity contribution in [1.29, 1.82) is 0 Å². The van der Waals surface area contributed by atoms with Gasteiger partial charge in [0.15, 0.2) is 18.1 Å². The molecule has 22 heteroatoms. The number of carbonyl (C=O) groups is 9. The number of carbonyl (C=O) groups excluding carboxylic acids is 9. The molecule has 0 spiro atoms. The predicted octanol–water partition coefficient (Wildman–Crippen LogP) is 6.60. The summed E-state index contributed by atoms with van der Waals surface area (Å²) in [7, 11) is 7.30. The Balaban J connectivity index is 1.36. The van der Waals surface area contributed by atoms with Crippen molar-refractivity contribution in [2.24, 2.45) is 5.41 Å². The fraction of sp³-hybridized carbons (Fsp3) is 0.507. The van der Waals surface area contributed by atoms with Crippen LogP contribution in [0.2, 0.25) is 0 Å². The molecule has 3 N–H and O–H groups in total. The number of phenolic OH excluding ortho intramolecular Hbond substituents is 1. The molecule has 0 unspecified atom stereocenters. The molecule has 5 atom stereocenters. The molecule has 1 fully saturated rings. The van der Waals surface area contributed by atoms with Crippen molar-refractivity contribution in [3.05, 3.63) is 108 Å². The highest BCUT2D eigenvalue weighted by atomic mass is 16.5. The quantitative estimate of drug-likeness (QED) is 0.0996. The van der Waals surface area contributed by atoms with Gasteiger partial charge >= 0.3 is 11.9 Å². The molecule has 0 aromatic heterocycles. The van der Waals surface area contributed by atoms with E-state index in [-0.39, 0.29) is 69.7 Å². The highest BCUT2D eigenvalue weighted by molar-refractivity contribution is 6.38. The zero-order chi connectivity index (χ0) is 65.2. The summed E-state index contributed by atoms with van der Waals surface area (Å²) in [5, 5.41) is 18.6. The minimum Gasteiger partial charge on any atom is -0.508 e. The van der Waals surface area contributed by atoms with Gasteiger partial charge in [-0.15, -0.1) is 0 Å². The maximum Gasteiger partial charge on any atom is 0.330 e. The van der Waals surface area contributed by atoms with Crippen molar-refractivity contribution in [2.75, 3.05) is 74.8 Å². The van der Waals surface area contributed by atoms with Crippen LogP contribution in [-0.4, -0.2) is 182 Å². The molecule has 6 amide bonds. The molecule has 2 aliphatic heterocycles. The average Bonchev–Trinajstić information content (AvgIpc) is 1.55. The number of methoxy groups -OCH3 is 2. The van der Waals surface area contributed by atoms with Crippen LogP contribution in [-0.2, 0) is 70.2 Å². The number of rotatable bonds is 12. The number of phenols is 1. The third kappa shape index (κ3) is 19.5. The lowest BCUT2D eigenvalue weighted by Crippen LogP contribution is -2.59. The zero-order valence-electron chi connectivity index (χ0n) is 53.2. The molecule has 2 aliphatic rings. The summed E-state index contributed by atoms with van der Waals surface area (Å²) in [5.41, 5.74) is -0.727. The molecular formula is C67H88N6O16. The number of unbranched alkanes of at least 4 members (excludes halogenated alkanes) is 1. The van der Waals surface area contributed by atoms with E-state index < -0.39 is 114 Å². The monoisotopic (exact) mass is 1230 g/mol. The fourth-order valence-electron chi connectivity index (χ4n) is 10.4. The van der Waals surface area contributed by atoms with Crippen LogP contribution in [0.5, 0.6) is 23.0 Å². The van der Waals surface area contributed by atoms with E-state index in [1.807, 2.05) is 49.4 Å². The fourth-order valence-corrected chi connectivity index (χ4v) is 10.4. The van der Waals surface area contributed by atoms with Crippen LogP contribution in [0.25, 0.3) is 10.8 Å². The Bertz CT molecular complexity index is 3210.